The third kappa shape index (κ3) is 1.43. The minimum Gasteiger partial charge on any atom is -0.299 e. The Labute approximate surface area is 98.6 Å². The van der Waals surface area contributed by atoms with Gasteiger partial charge < -0.3 is 0 Å². The fraction of sp³-hybridized carbons (Fsp3) is 0.250. The van der Waals surface area contributed by atoms with Gasteiger partial charge in [0, 0.05) is 12.6 Å². The van der Waals surface area contributed by atoms with Crippen molar-refractivity contribution >= 4 is 23.9 Å². The van der Waals surface area contributed by atoms with Gasteiger partial charge in [-0.15, -0.1) is 0 Å². The molecule has 0 saturated carbocycles. The Bertz CT molecular complexity index is 486. The first kappa shape index (κ1) is 11.3. The van der Waals surface area contributed by atoms with Crippen molar-refractivity contribution in [2.24, 2.45) is 0 Å². The maximum absolute atomic E-state index is 11.9. The van der Waals surface area contributed by atoms with Gasteiger partial charge in [-0.3, -0.25) is 14.5 Å². The minimum atomic E-state index is -1.22. The summed E-state index contributed by atoms with van der Waals surface area (Å²) in [7, 11) is 0. The second-order valence-electron chi connectivity index (χ2n) is 4.02. The highest BCUT2D eigenvalue weighted by Crippen LogP contribution is 2.36. The van der Waals surface area contributed by atoms with E-state index >= 15 is 0 Å². The van der Waals surface area contributed by atoms with Crippen molar-refractivity contribution in [2.75, 3.05) is 4.90 Å². The SMILES string of the molecule is CC(=O)N1C(=O)N(c2ccccc2)C1(C)C=O. The Morgan fingerprint density at radius 2 is 1.88 bits per heavy atom. The van der Waals surface area contributed by atoms with Crippen LogP contribution >= 0.6 is 0 Å². The second kappa shape index (κ2) is 3.69. The van der Waals surface area contributed by atoms with E-state index in [4.69, 9.17) is 0 Å². The zero-order valence-corrected chi connectivity index (χ0v) is 9.58. The average Bonchev–Trinajstić information content (AvgIpc) is 2.29. The molecule has 5 nitrogen and oxygen atoms in total. The van der Waals surface area contributed by atoms with E-state index in [1.165, 1.54) is 18.7 Å². The highest BCUT2D eigenvalue weighted by molar-refractivity contribution is 6.15. The number of hydrogen-bond donors (Lipinski definition) is 0. The van der Waals surface area contributed by atoms with Gasteiger partial charge in [-0.2, -0.15) is 0 Å². The van der Waals surface area contributed by atoms with Crippen LogP contribution in [0.2, 0.25) is 0 Å². The van der Waals surface area contributed by atoms with Crippen LogP contribution in [0, 0.1) is 0 Å². The molecule has 1 unspecified atom stereocenters. The molecule has 17 heavy (non-hydrogen) atoms. The van der Waals surface area contributed by atoms with Crippen molar-refractivity contribution in [3.05, 3.63) is 30.3 Å². The number of carbonyl (C=O) groups is 3. The molecule has 1 aliphatic heterocycles. The van der Waals surface area contributed by atoms with Gasteiger partial charge in [-0.25, -0.2) is 9.69 Å². The Hall–Kier alpha value is -2.17. The smallest absolute Gasteiger partial charge is 0.299 e. The summed E-state index contributed by atoms with van der Waals surface area (Å²) in [4.78, 5) is 36.6. The summed E-state index contributed by atoms with van der Waals surface area (Å²) in [5.41, 5.74) is -0.617. The number of benzene rings is 1. The van der Waals surface area contributed by atoms with Crippen LogP contribution in [0.25, 0.3) is 0 Å². The molecule has 0 bridgehead atoms. The summed E-state index contributed by atoms with van der Waals surface area (Å²) in [5.74, 6) is -0.434. The molecule has 1 fully saturated rings. The first-order chi connectivity index (χ1) is 8.02. The maximum Gasteiger partial charge on any atom is 0.335 e. The van der Waals surface area contributed by atoms with Crippen molar-refractivity contribution in [3.63, 3.8) is 0 Å². The van der Waals surface area contributed by atoms with E-state index in [9.17, 15) is 14.4 Å². The molecule has 1 atom stereocenters. The fourth-order valence-corrected chi connectivity index (χ4v) is 2.05. The number of rotatable bonds is 2. The molecule has 1 aromatic carbocycles. The van der Waals surface area contributed by atoms with E-state index in [-0.39, 0.29) is 0 Å². The lowest BCUT2D eigenvalue weighted by atomic mass is 10.0. The van der Waals surface area contributed by atoms with Crippen molar-refractivity contribution in [2.45, 2.75) is 19.5 Å². The lowest BCUT2D eigenvalue weighted by molar-refractivity contribution is -0.138. The van der Waals surface area contributed by atoms with Crippen LogP contribution in [0.15, 0.2) is 30.3 Å². The zero-order valence-electron chi connectivity index (χ0n) is 9.58. The van der Waals surface area contributed by atoms with E-state index in [2.05, 4.69) is 0 Å². The first-order valence-electron chi connectivity index (χ1n) is 5.18. The molecule has 1 aromatic rings. The predicted octanol–water partition coefficient (Wildman–Crippen LogP) is 1.39. The third-order valence-corrected chi connectivity index (χ3v) is 2.84. The van der Waals surface area contributed by atoms with Gasteiger partial charge in [-0.1, -0.05) is 18.2 Å². The van der Waals surface area contributed by atoms with Crippen molar-refractivity contribution in [3.8, 4) is 0 Å². The minimum absolute atomic E-state index is 0.434. The van der Waals surface area contributed by atoms with Crippen molar-refractivity contribution in [1.82, 2.24) is 4.90 Å². The van der Waals surface area contributed by atoms with E-state index in [0.717, 1.165) is 4.90 Å². The number of urea groups is 1. The van der Waals surface area contributed by atoms with Crippen LogP contribution in [0.1, 0.15) is 13.8 Å². The Kier molecular flexibility index (Phi) is 2.46. The van der Waals surface area contributed by atoms with E-state index < -0.39 is 17.6 Å². The van der Waals surface area contributed by atoms with E-state index in [1.807, 2.05) is 6.07 Å². The normalized spacial score (nSPS) is 23.3. The summed E-state index contributed by atoms with van der Waals surface area (Å²) in [6.07, 6.45) is 0.600. The lowest BCUT2D eigenvalue weighted by Crippen LogP contribution is -2.78. The molecule has 88 valence electrons. The number of amides is 3. The molecule has 0 spiro atoms. The topological polar surface area (TPSA) is 57.7 Å². The number of aldehydes is 1. The number of imide groups is 1. The second-order valence-corrected chi connectivity index (χ2v) is 4.02. The molecular formula is C12H12N2O3. The van der Waals surface area contributed by atoms with Crippen LogP contribution in [0.4, 0.5) is 10.5 Å². The van der Waals surface area contributed by atoms with Crippen molar-refractivity contribution in [1.29, 1.82) is 0 Å². The summed E-state index contributed by atoms with van der Waals surface area (Å²) in [6, 6.07) is 8.32. The monoisotopic (exact) mass is 232 g/mol. The summed E-state index contributed by atoms with van der Waals surface area (Å²) in [5, 5.41) is 0. The molecule has 1 saturated heterocycles. The molecule has 0 aromatic heterocycles. The molecule has 1 heterocycles. The van der Waals surface area contributed by atoms with Crippen LogP contribution in [0.3, 0.4) is 0 Å². The molecule has 2 rings (SSSR count). The lowest BCUT2D eigenvalue weighted by Gasteiger charge is -2.53. The largest absolute Gasteiger partial charge is 0.335 e. The molecule has 3 amide bonds. The predicted molar refractivity (Wildman–Crippen MR) is 61.3 cm³/mol. The maximum atomic E-state index is 11.9. The van der Waals surface area contributed by atoms with Gasteiger partial charge in [0.2, 0.25) is 5.91 Å². The van der Waals surface area contributed by atoms with Crippen LogP contribution in [-0.2, 0) is 9.59 Å². The average molecular weight is 232 g/mol. The molecule has 1 aliphatic rings. The number of hydrogen-bond acceptors (Lipinski definition) is 3. The van der Waals surface area contributed by atoms with E-state index in [1.54, 1.807) is 24.3 Å². The van der Waals surface area contributed by atoms with Gasteiger partial charge in [0.1, 0.15) is 0 Å². The third-order valence-electron chi connectivity index (χ3n) is 2.84. The number of anilines is 1. The van der Waals surface area contributed by atoms with Gasteiger partial charge >= 0.3 is 6.03 Å². The van der Waals surface area contributed by atoms with Gasteiger partial charge in [0.05, 0.1) is 0 Å². The van der Waals surface area contributed by atoms with Crippen LogP contribution in [-0.4, -0.2) is 28.8 Å². The summed E-state index contributed by atoms with van der Waals surface area (Å²) < 4.78 is 0. The number of para-hydroxylation sites is 1. The molecule has 5 heteroatoms. The summed E-state index contributed by atoms with van der Waals surface area (Å²) in [6.45, 7) is 2.80. The highest BCUT2D eigenvalue weighted by atomic mass is 16.2. The molecular weight excluding hydrogens is 220 g/mol. The van der Waals surface area contributed by atoms with Crippen molar-refractivity contribution < 1.29 is 14.4 Å². The van der Waals surface area contributed by atoms with Gasteiger partial charge in [-0.05, 0) is 19.1 Å². The highest BCUT2D eigenvalue weighted by Gasteiger charge is 2.57. The Morgan fingerprint density at radius 1 is 1.29 bits per heavy atom. The standard InChI is InChI=1S/C12H12N2O3/c1-9(16)13-11(17)14(12(13,2)8-15)10-6-4-3-5-7-10/h3-8H,1-2H3. The number of carbonyl (C=O) groups excluding carboxylic acids is 3. The zero-order chi connectivity index (χ0) is 12.6. The number of nitrogens with zero attached hydrogens (tertiary/aromatic N) is 2. The molecule has 0 N–H and O–H groups in total. The Morgan fingerprint density at radius 3 is 2.35 bits per heavy atom. The van der Waals surface area contributed by atoms with Crippen LogP contribution < -0.4 is 4.90 Å². The summed E-state index contributed by atoms with van der Waals surface area (Å²) >= 11 is 0. The Balaban J connectivity index is 2.41. The van der Waals surface area contributed by atoms with Gasteiger partial charge in [0.15, 0.2) is 11.9 Å². The first-order valence-corrected chi connectivity index (χ1v) is 5.18. The van der Waals surface area contributed by atoms with E-state index in [0.29, 0.717) is 12.0 Å². The molecule has 0 radical (unpaired) electrons. The van der Waals surface area contributed by atoms with Crippen LogP contribution in [0.5, 0.6) is 0 Å². The molecule has 0 aliphatic carbocycles. The quantitative estimate of drug-likeness (QED) is 0.724. The fourth-order valence-electron chi connectivity index (χ4n) is 2.05. The van der Waals surface area contributed by atoms with Gasteiger partial charge in [0.25, 0.3) is 0 Å².